The number of aromatic nitrogens is 2. The smallest absolute Gasteiger partial charge is 0.219 e. The van der Waals surface area contributed by atoms with Gasteiger partial charge in [0.1, 0.15) is 5.75 Å². The molecule has 4 rings (SSSR count). The molecule has 2 aromatic carbocycles. The molecule has 144 valence electrons. The van der Waals surface area contributed by atoms with E-state index in [2.05, 4.69) is 65.5 Å². The largest absolute Gasteiger partial charge is 0.439 e. The maximum absolute atomic E-state index is 5.95. The van der Waals surface area contributed by atoms with Gasteiger partial charge in [-0.2, -0.15) is 0 Å². The summed E-state index contributed by atoms with van der Waals surface area (Å²) in [5, 5.41) is 3.33. The van der Waals surface area contributed by atoms with Gasteiger partial charge in [0.2, 0.25) is 5.88 Å². The second-order valence-corrected chi connectivity index (χ2v) is 6.99. The van der Waals surface area contributed by atoms with Crippen molar-refractivity contribution in [1.82, 2.24) is 9.97 Å². The first kappa shape index (κ1) is 18.7. The van der Waals surface area contributed by atoms with Crippen LogP contribution in [0.2, 0.25) is 0 Å². The van der Waals surface area contributed by atoms with Crippen LogP contribution in [0.1, 0.15) is 16.7 Å². The van der Waals surface area contributed by atoms with Crippen molar-refractivity contribution >= 4 is 5.69 Å². The second-order valence-electron chi connectivity index (χ2n) is 6.99. The number of nitrogens with one attached hydrogen (secondary N) is 1. The van der Waals surface area contributed by atoms with Gasteiger partial charge in [0, 0.05) is 25.0 Å². The number of anilines is 1. The van der Waals surface area contributed by atoms with Crippen LogP contribution in [0.4, 0.5) is 5.69 Å². The van der Waals surface area contributed by atoms with Gasteiger partial charge in [0.05, 0.1) is 11.9 Å². The average molecular weight is 381 g/mol. The number of hydrogen-bond acceptors (Lipinski definition) is 4. The number of benzene rings is 2. The molecule has 0 fully saturated rings. The molecule has 0 saturated heterocycles. The van der Waals surface area contributed by atoms with Crippen molar-refractivity contribution in [3.63, 3.8) is 0 Å². The zero-order valence-electron chi connectivity index (χ0n) is 16.6. The molecule has 0 aliphatic heterocycles. The Kier molecular flexibility index (Phi) is 5.52. The van der Waals surface area contributed by atoms with Crippen molar-refractivity contribution in [2.75, 3.05) is 5.32 Å². The van der Waals surface area contributed by atoms with Crippen LogP contribution in [-0.4, -0.2) is 9.97 Å². The van der Waals surface area contributed by atoms with Crippen molar-refractivity contribution in [3.8, 4) is 22.8 Å². The van der Waals surface area contributed by atoms with Crippen LogP contribution in [0.5, 0.6) is 11.6 Å². The van der Waals surface area contributed by atoms with Crippen molar-refractivity contribution in [2.24, 2.45) is 0 Å². The Balaban J connectivity index is 1.43. The molecule has 0 atom stereocenters. The minimum absolute atomic E-state index is 0.569. The molecule has 29 heavy (non-hydrogen) atoms. The summed E-state index contributed by atoms with van der Waals surface area (Å²) in [7, 11) is 0. The van der Waals surface area contributed by atoms with Crippen molar-refractivity contribution < 1.29 is 4.74 Å². The molecular weight excluding hydrogens is 358 g/mol. The van der Waals surface area contributed by atoms with Crippen molar-refractivity contribution in [1.29, 1.82) is 0 Å². The van der Waals surface area contributed by atoms with E-state index in [0.717, 1.165) is 17.0 Å². The Morgan fingerprint density at radius 3 is 2.41 bits per heavy atom. The number of ether oxygens (including phenoxy) is 1. The summed E-state index contributed by atoms with van der Waals surface area (Å²) in [5.41, 5.74) is 6.97. The fraction of sp³-hybridized carbons (Fsp3) is 0.120. The van der Waals surface area contributed by atoms with Crippen molar-refractivity contribution in [2.45, 2.75) is 20.4 Å². The third kappa shape index (κ3) is 4.61. The lowest BCUT2D eigenvalue weighted by Gasteiger charge is -2.12. The zero-order valence-corrected chi connectivity index (χ0v) is 16.6. The summed E-state index contributed by atoms with van der Waals surface area (Å²) in [6.45, 7) is 4.94. The minimum atomic E-state index is 0.569. The van der Waals surface area contributed by atoms with E-state index in [1.165, 1.54) is 22.3 Å². The molecule has 0 unspecified atom stereocenters. The van der Waals surface area contributed by atoms with E-state index >= 15 is 0 Å². The van der Waals surface area contributed by atoms with Crippen LogP contribution < -0.4 is 10.1 Å². The molecule has 4 aromatic rings. The van der Waals surface area contributed by atoms with Gasteiger partial charge in [-0.1, -0.05) is 36.4 Å². The molecule has 0 bridgehead atoms. The highest BCUT2D eigenvalue weighted by Crippen LogP contribution is 2.30. The highest BCUT2D eigenvalue weighted by atomic mass is 16.5. The fourth-order valence-electron chi connectivity index (χ4n) is 3.25. The molecule has 0 aliphatic rings. The Hall–Kier alpha value is -3.66. The number of pyridine rings is 2. The Morgan fingerprint density at radius 2 is 1.69 bits per heavy atom. The Bertz CT molecular complexity index is 1090. The first-order valence-corrected chi connectivity index (χ1v) is 9.62. The number of rotatable bonds is 6. The summed E-state index contributed by atoms with van der Waals surface area (Å²) in [6.07, 6.45) is 5.40. The molecule has 0 amide bonds. The van der Waals surface area contributed by atoms with E-state index in [9.17, 15) is 0 Å². The highest BCUT2D eigenvalue weighted by Gasteiger charge is 2.07. The molecule has 0 saturated carbocycles. The summed E-state index contributed by atoms with van der Waals surface area (Å²) >= 11 is 0. The second kappa shape index (κ2) is 8.57. The summed E-state index contributed by atoms with van der Waals surface area (Å²) < 4.78 is 5.95. The lowest BCUT2D eigenvalue weighted by atomic mass is 9.97. The monoisotopic (exact) mass is 381 g/mol. The standard InChI is InChI=1S/C25H23N3O/c1-18-6-3-4-8-23(18)24-11-10-22(14-19(24)2)29-25-12-9-21(17-28-25)27-16-20-7-5-13-26-15-20/h3-15,17,27H,16H2,1-2H3. The summed E-state index contributed by atoms with van der Waals surface area (Å²) in [4.78, 5) is 8.53. The molecule has 0 aliphatic carbocycles. The van der Waals surface area contributed by atoms with E-state index < -0.39 is 0 Å². The topological polar surface area (TPSA) is 47.0 Å². The molecule has 1 N–H and O–H groups in total. The van der Waals surface area contributed by atoms with E-state index in [1.54, 1.807) is 12.4 Å². The van der Waals surface area contributed by atoms with Crippen LogP contribution >= 0.6 is 0 Å². The molecule has 0 spiro atoms. The Morgan fingerprint density at radius 1 is 0.828 bits per heavy atom. The van der Waals surface area contributed by atoms with Crippen molar-refractivity contribution in [3.05, 3.63) is 102 Å². The van der Waals surface area contributed by atoms with E-state index in [0.29, 0.717) is 12.4 Å². The highest BCUT2D eigenvalue weighted by molar-refractivity contribution is 5.71. The van der Waals surface area contributed by atoms with Gasteiger partial charge in [0.15, 0.2) is 0 Å². The normalized spacial score (nSPS) is 10.6. The molecule has 4 nitrogen and oxygen atoms in total. The minimum Gasteiger partial charge on any atom is -0.439 e. The number of aryl methyl sites for hydroxylation is 2. The molecule has 2 aromatic heterocycles. The van der Waals surface area contributed by atoms with Gasteiger partial charge >= 0.3 is 0 Å². The first-order chi connectivity index (χ1) is 14.2. The predicted molar refractivity (Wildman–Crippen MR) is 117 cm³/mol. The predicted octanol–water partition coefficient (Wildman–Crippen LogP) is 6.16. The number of hydrogen-bond donors (Lipinski definition) is 1. The van der Waals surface area contributed by atoms with Crippen LogP contribution in [0.15, 0.2) is 85.3 Å². The lowest BCUT2D eigenvalue weighted by molar-refractivity contribution is 0.463. The lowest BCUT2D eigenvalue weighted by Crippen LogP contribution is -2.00. The number of nitrogens with zero attached hydrogens (tertiary/aromatic N) is 2. The van der Waals surface area contributed by atoms with Gasteiger partial charge in [-0.3, -0.25) is 4.98 Å². The molecule has 2 heterocycles. The SMILES string of the molecule is Cc1ccccc1-c1ccc(Oc2ccc(NCc3cccnc3)cn2)cc1C. The van der Waals surface area contributed by atoms with Gasteiger partial charge in [-0.05, 0) is 65.9 Å². The Labute approximate surface area is 171 Å². The third-order valence-electron chi connectivity index (χ3n) is 4.81. The third-order valence-corrected chi connectivity index (χ3v) is 4.81. The molecular formula is C25H23N3O. The van der Waals surface area contributed by atoms with Gasteiger partial charge < -0.3 is 10.1 Å². The van der Waals surface area contributed by atoms with Crippen LogP contribution in [0, 0.1) is 13.8 Å². The first-order valence-electron chi connectivity index (χ1n) is 9.62. The van der Waals surface area contributed by atoms with Crippen LogP contribution in [-0.2, 0) is 6.54 Å². The molecule has 4 heteroatoms. The van der Waals surface area contributed by atoms with Gasteiger partial charge in [-0.15, -0.1) is 0 Å². The summed E-state index contributed by atoms with van der Waals surface area (Å²) in [5.74, 6) is 1.35. The van der Waals surface area contributed by atoms with Crippen LogP contribution in [0.25, 0.3) is 11.1 Å². The summed E-state index contributed by atoms with van der Waals surface area (Å²) in [6, 6.07) is 22.4. The van der Waals surface area contributed by atoms with E-state index in [1.807, 2.05) is 36.5 Å². The van der Waals surface area contributed by atoms with Crippen LogP contribution in [0.3, 0.4) is 0 Å². The van der Waals surface area contributed by atoms with E-state index in [4.69, 9.17) is 4.74 Å². The van der Waals surface area contributed by atoms with E-state index in [-0.39, 0.29) is 0 Å². The average Bonchev–Trinajstić information content (AvgIpc) is 2.75. The zero-order chi connectivity index (χ0) is 20.1. The maximum Gasteiger partial charge on any atom is 0.219 e. The van der Waals surface area contributed by atoms with Gasteiger partial charge in [0.25, 0.3) is 0 Å². The fourth-order valence-corrected chi connectivity index (χ4v) is 3.25. The molecule has 0 radical (unpaired) electrons. The van der Waals surface area contributed by atoms with Gasteiger partial charge in [-0.25, -0.2) is 4.98 Å². The quantitative estimate of drug-likeness (QED) is 0.434. The maximum atomic E-state index is 5.95.